The molecule has 0 radical (unpaired) electrons. The molecule has 0 spiro atoms. The van der Waals surface area contributed by atoms with Gasteiger partial charge in [0.15, 0.2) is 11.5 Å². The molecule has 0 atom stereocenters. The lowest BCUT2D eigenvalue weighted by Gasteiger charge is -2.25. The van der Waals surface area contributed by atoms with E-state index in [1.54, 1.807) is 18.6 Å². The van der Waals surface area contributed by atoms with Crippen LogP contribution in [-0.4, -0.2) is 32.4 Å². The maximum absolute atomic E-state index is 13.3. The van der Waals surface area contributed by atoms with Crippen molar-refractivity contribution in [2.45, 2.75) is 19.3 Å². The van der Waals surface area contributed by atoms with E-state index < -0.39 is 0 Å². The quantitative estimate of drug-likeness (QED) is 0.357. The highest BCUT2D eigenvalue weighted by Crippen LogP contribution is 2.32. The Labute approximate surface area is 209 Å². The van der Waals surface area contributed by atoms with Crippen LogP contribution in [0.1, 0.15) is 29.9 Å². The van der Waals surface area contributed by atoms with Gasteiger partial charge in [0.25, 0.3) is 5.91 Å². The Morgan fingerprint density at radius 1 is 0.861 bits per heavy atom. The fourth-order valence-corrected chi connectivity index (χ4v) is 4.13. The van der Waals surface area contributed by atoms with Crippen molar-refractivity contribution in [2.24, 2.45) is 0 Å². The van der Waals surface area contributed by atoms with E-state index in [0.717, 1.165) is 27.6 Å². The molecule has 0 bridgehead atoms. The van der Waals surface area contributed by atoms with E-state index in [1.807, 2.05) is 72.8 Å². The first-order valence-corrected chi connectivity index (χ1v) is 11.7. The van der Waals surface area contributed by atoms with Crippen molar-refractivity contribution in [2.75, 3.05) is 12.3 Å². The van der Waals surface area contributed by atoms with Gasteiger partial charge >= 0.3 is 0 Å². The minimum atomic E-state index is -0.370. The number of carbonyl (C=O) groups is 1. The van der Waals surface area contributed by atoms with Crippen LogP contribution in [0.15, 0.2) is 91.4 Å². The number of carbonyl (C=O) groups excluding carboxylic acids is 1. The van der Waals surface area contributed by atoms with E-state index in [0.29, 0.717) is 17.9 Å². The Balaban J connectivity index is 1.54. The third kappa shape index (κ3) is 4.63. The summed E-state index contributed by atoms with van der Waals surface area (Å²) in [4.78, 5) is 31.2. The zero-order chi connectivity index (χ0) is 25.1. The SMILES string of the molecule is CC(C)(CNC(=O)c1nc(-c2ccc3ncccc3c2)c(-c2ccccc2)nc1N)c1ccncc1. The van der Waals surface area contributed by atoms with Crippen LogP contribution in [0.4, 0.5) is 5.82 Å². The number of fused-ring (bicyclic) bond motifs is 1. The smallest absolute Gasteiger partial charge is 0.273 e. The molecular weight excluding hydrogens is 448 g/mol. The summed E-state index contributed by atoms with van der Waals surface area (Å²) < 4.78 is 0. The van der Waals surface area contributed by atoms with E-state index in [1.165, 1.54) is 0 Å². The molecule has 7 nitrogen and oxygen atoms in total. The number of hydrogen-bond donors (Lipinski definition) is 2. The van der Waals surface area contributed by atoms with E-state index in [2.05, 4.69) is 34.1 Å². The number of anilines is 1. The number of benzene rings is 2. The summed E-state index contributed by atoms with van der Waals surface area (Å²) in [5.41, 5.74) is 10.9. The molecule has 3 N–H and O–H groups in total. The maximum Gasteiger partial charge on any atom is 0.273 e. The summed E-state index contributed by atoms with van der Waals surface area (Å²) in [5.74, 6) is -0.287. The Kier molecular flexibility index (Phi) is 6.12. The van der Waals surface area contributed by atoms with Crippen LogP contribution in [-0.2, 0) is 5.41 Å². The fraction of sp³-hybridized carbons (Fsp3) is 0.138. The lowest BCUT2D eigenvalue weighted by Crippen LogP contribution is -2.37. The van der Waals surface area contributed by atoms with Crippen LogP contribution in [0.3, 0.4) is 0 Å². The van der Waals surface area contributed by atoms with Crippen molar-refractivity contribution in [1.29, 1.82) is 0 Å². The summed E-state index contributed by atoms with van der Waals surface area (Å²) in [6, 6.07) is 23.4. The molecule has 0 aliphatic heterocycles. The molecule has 178 valence electrons. The van der Waals surface area contributed by atoms with Gasteiger partial charge in [-0.2, -0.15) is 0 Å². The molecular formula is C29H26N6O. The van der Waals surface area contributed by atoms with E-state index in [9.17, 15) is 4.79 Å². The average Bonchev–Trinajstić information content (AvgIpc) is 2.92. The van der Waals surface area contributed by atoms with Gasteiger partial charge in [-0.05, 0) is 35.9 Å². The number of nitrogens with zero attached hydrogens (tertiary/aromatic N) is 4. The molecule has 36 heavy (non-hydrogen) atoms. The Bertz CT molecular complexity index is 1530. The van der Waals surface area contributed by atoms with Crippen LogP contribution in [0.25, 0.3) is 33.4 Å². The Hall–Kier alpha value is -4.65. The van der Waals surface area contributed by atoms with Gasteiger partial charge in [0.2, 0.25) is 0 Å². The third-order valence-electron chi connectivity index (χ3n) is 6.21. The van der Waals surface area contributed by atoms with Gasteiger partial charge in [0, 0.05) is 47.1 Å². The molecule has 0 saturated heterocycles. The number of rotatable bonds is 6. The van der Waals surface area contributed by atoms with Gasteiger partial charge in [0.1, 0.15) is 0 Å². The van der Waals surface area contributed by atoms with Crippen molar-refractivity contribution in [3.05, 3.63) is 103 Å². The second-order valence-electron chi connectivity index (χ2n) is 9.23. The zero-order valence-electron chi connectivity index (χ0n) is 20.1. The lowest BCUT2D eigenvalue weighted by atomic mass is 9.85. The number of pyridine rings is 2. The molecule has 0 saturated carbocycles. The number of nitrogen functional groups attached to an aromatic ring is 1. The summed E-state index contributed by atoms with van der Waals surface area (Å²) >= 11 is 0. The molecule has 0 aliphatic carbocycles. The van der Waals surface area contributed by atoms with Crippen molar-refractivity contribution in [3.63, 3.8) is 0 Å². The second-order valence-corrected chi connectivity index (χ2v) is 9.23. The highest BCUT2D eigenvalue weighted by Gasteiger charge is 2.24. The monoisotopic (exact) mass is 474 g/mol. The molecule has 1 amide bonds. The van der Waals surface area contributed by atoms with Gasteiger partial charge in [-0.1, -0.05) is 56.3 Å². The number of nitrogens with two attached hydrogens (primary N) is 1. The van der Waals surface area contributed by atoms with Crippen LogP contribution in [0, 0.1) is 0 Å². The van der Waals surface area contributed by atoms with Gasteiger partial charge < -0.3 is 11.1 Å². The fourth-order valence-electron chi connectivity index (χ4n) is 4.13. The van der Waals surface area contributed by atoms with E-state index >= 15 is 0 Å². The number of hydrogen-bond acceptors (Lipinski definition) is 6. The average molecular weight is 475 g/mol. The number of aromatic nitrogens is 4. The summed E-state index contributed by atoms with van der Waals surface area (Å²) in [7, 11) is 0. The predicted molar refractivity (Wildman–Crippen MR) is 142 cm³/mol. The molecule has 7 heteroatoms. The van der Waals surface area contributed by atoms with Crippen LogP contribution < -0.4 is 11.1 Å². The second kappa shape index (κ2) is 9.54. The molecule has 0 unspecified atom stereocenters. The van der Waals surface area contributed by atoms with Crippen LogP contribution in [0.5, 0.6) is 0 Å². The maximum atomic E-state index is 13.3. The molecule has 0 fully saturated rings. The highest BCUT2D eigenvalue weighted by molar-refractivity contribution is 5.98. The lowest BCUT2D eigenvalue weighted by molar-refractivity contribution is 0.0941. The molecule has 3 heterocycles. The molecule has 3 aromatic heterocycles. The van der Waals surface area contributed by atoms with Crippen molar-refractivity contribution in [3.8, 4) is 22.5 Å². The largest absolute Gasteiger partial charge is 0.382 e. The summed E-state index contributed by atoms with van der Waals surface area (Å²) in [6.45, 7) is 4.52. The van der Waals surface area contributed by atoms with Gasteiger partial charge in [-0.15, -0.1) is 0 Å². The van der Waals surface area contributed by atoms with Gasteiger partial charge in [0.05, 0.1) is 16.9 Å². The Morgan fingerprint density at radius 3 is 2.39 bits per heavy atom. The standard InChI is InChI=1S/C29H26N6O/c1-29(2,22-12-15-31-16-13-22)18-33-28(36)26-27(30)35-24(19-7-4-3-5-8-19)25(34-26)21-10-11-23-20(17-21)9-6-14-32-23/h3-17H,18H2,1-2H3,(H2,30,35)(H,33,36). The minimum Gasteiger partial charge on any atom is -0.382 e. The van der Waals surface area contributed by atoms with Gasteiger partial charge in [-0.25, -0.2) is 9.97 Å². The van der Waals surface area contributed by atoms with E-state index in [4.69, 9.17) is 10.7 Å². The first-order valence-electron chi connectivity index (χ1n) is 11.7. The molecule has 2 aromatic carbocycles. The van der Waals surface area contributed by atoms with Crippen LogP contribution in [0.2, 0.25) is 0 Å². The zero-order valence-corrected chi connectivity index (χ0v) is 20.1. The minimum absolute atomic E-state index is 0.0827. The van der Waals surface area contributed by atoms with Gasteiger partial charge in [-0.3, -0.25) is 14.8 Å². The van der Waals surface area contributed by atoms with Crippen molar-refractivity contribution >= 4 is 22.6 Å². The summed E-state index contributed by atoms with van der Waals surface area (Å²) in [6.07, 6.45) is 5.25. The third-order valence-corrected chi connectivity index (χ3v) is 6.21. The molecule has 5 aromatic rings. The summed E-state index contributed by atoms with van der Waals surface area (Å²) in [5, 5.41) is 3.96. The van der Waals surface area contributed by atoms with E-state index in [-0.39, 0.29) is 22.8 Å². The molecule has 5 rings (SSSR count). The van der Waals surface area contributed by atoms with Crippen LogP contribution >= 0.6 is 0 Å². The first kappa shape index (κ1) is 23.1. The predicted octanol–water partition coefficient (Wildman–Crippen LogP) is 5.04. The Morgan fingerprint density at radius 2 is 1.61 bits per heavy atom. The number of amides is 1. The highest BCUT2D eigenvalue weighted by atomic mass is 16.1. The number of nitrogens with one attached hydrogen (secondary N) is 1. The van der Waals surface area contributed by atoms with Crippen molar-refractivity contribution in [1.82, 2.24) is 25.3 Å². The first-order chi connectivity index (χ1) is 17.4. The normalized spacial score (nSPS) is 11.4. The van der Waals surface area contributed by atoms with Crippen molar-refractivity contribution < 1.29 is 4.79 Å². The molecule has 0 aliphatic rings. The topological polar surface area (TPSA) is 107 Å².